The molecule has 5 nitrogen and oxygen atoms in total. The Hall–Kier alpha value is -3.35. The minimum atomic E-state index is -0.305. The number of nitrogens with one attached hydrogen (secondary N) is 1. The van der Waals surface area contributed by atoms with Crippen molar-refractivity contribution in [1.29, 1.82) is 0 Å². The van der Waals surface area contributed by atoms with Gasteiger partial charge >= 0.3 is 0 Å². The van der Waals surface area contributed by atoms with E-state index in [4.69, 9.17) is 0 Å². The van der Waals surface area contributed by atoms with Gasteiger partial charge in [0.1, 0.15) is 17.5 Å². The minimum absolute atomic E-state index is 0.0168. The van der Waals surface area contributed by atoms with E-state index in [-0.39, 0.29) is 23.5 Å². The molecule has 0 saturated carbocycles. The molecule has 154 valence electrons. The monoisotopic (exact) mass is 408 g/mol. The molecule has 1 aliphatic heterocycles. The molecule has 7 heteroatoms. The maximum atomic E-state index is 13.2. The molecular formula is C23H22F2N4O. The minimum Gasteiger partial charge on any atom is -0.356 e. The van der Waals surface area contributed by atoms with Gasteiger partial charge in [0.2, 0.25) is 5.91 Å². The van der Waals surface area contributed by atoms with Gasteiger partial charge in [-0.1, -0.05) is 12.1 Å². The van der Waals surface area contributed by atoms with E-state index in [1.807, 2.05) is 6.07 Å². The van der Waals surface area contributed by atoms with E-state index in [9.17, 15) is 13.6 Å². The van der Waals surface area contributed by atoms with Crippen LogP contribution >= 0.6 is 0 Å². The summed E-state index contributed by atoms with van der Waals surface area (Å²) in [4.78, 5) is 23.6. The molecule has 1 saturated heterocycles. The summed E-state index contributed by atoms with van der Waals surface area (Å²) in [5.74, 6) is 0.509. The third-order valence-electron chi connectivity index (χ3n) is 5.24. The van der Waals surface area contributed by atoms with Crippen molar-refractivity contribution in [3.8, 4) is 11.4 Å². The van der Waals surface area contributed by atoms with Crippen LogP contribution in [0.15, 0.2) is 60.8 Å². The van der Waals surface area contributed by atoms with Crippen molar-refractivity contribution in [3.63, 3.8) is 0 Å². The van der Waals surface area contributed by atoms with Gasteiger partial charge in [0.15, 0.2) is 5.82 Å². The molecule has 3 aromatic rings. The van der Waals surface area contributed by atoms with Crippen LogP contribution in [-0.4, -0.2) is 29.0 Å². The molecule has 2 heterocycles. The first kappa shape index (κ1) is 19.9. The summed E-state index contributed by atoms with van der Waals surface area (Å²) < 4.78 is 26.2. The van der Waals surface area contributed by atoms with Crippen LogP contribution < -0.4 is 10.2 Å². The van der Waals surface area contributed by atoms with Gasteiger partial charge in [-0.2, -0.15) is 0 Å². The van der Waals surface area contributed by atoms with Crippen molar-refractivity contribution in [2.75, 3.05) is 18.0 Å². The Morgan fingerprint density at radius 1 is 1.03 bits per heavy atom. The second-order valence-electron chi connectivity index (χ2n) is 7.37. The SMILES string of the molecule is O=C(NCc1ccc(F)cc1)[C@H]1CCCN(c2ccnc(-c3ccc(F)cc3)n2)C1. The highest BCUT2D eigenvalue weighted by atomic mass is 19.1. The zero-order valence-corrected chi connectivity index (χ0v) is 16.4. The number of carbonyl (C=O) groups is 1. The maximum absolute atomic E-state index is 13.2. The highest BCUT2D eigenvalue weighted by molar-refractivity contribution is 5.79. The highest BCUT2D eigenvalue weighted by Crippen LogP contribution is 2.24. The third-order valence-corrected chi connectivity index (χ3v) is 5.24. The molecule has 4 rings (SSSR count). The number of amides is 1. The summed E-state index contributed by atoms with van der Waals surface area (Å²) in [6.45, 7) is 1.74. The van der Waals surface area contributed by atoms with Crippen molar-refractivity contribution >= 4 is 11.7 Å². The maximum Gasteiger partial charge on any atom is 0.225 e. The van der Waals surface area contributed by atoms with Crippen LogP contribution in [0.4, 0.5) is 14.6 Å². The fourth-order valence-electron chi connectivity index (χ4n) is 3.60. The predicted molar refractivity (Wildman–Crippen MR) is 111 cm³/mol. The molecule has 1 N–H and O–H groups in total. The van der Waals surface area contributed by atoms with Crippen molar-refractivity contribution in [3.05, 3.63) is 78.0 Å². The van der Waals surface area contributed by atoms with Crippen molar-refractivity contribution < 1.29 is 13.6 Å². The summed E-state index contributed by atoms with van der Waals surface area (Å²) in [6.07, 6.45) is 3.37. The smallest absolute Gasteiger partial charge is 0.225 e. The first-order valence-electron chi connectivity index (χ1n) is 9.94. The van der Waals surface area contributed by atoms with Crippen LogP contribution in [0.2, 0.25) is 0 Å². The van der Waals surface area contributed by atoms with Crippen molar-refractivity contribution in [1.82, 2.24) is 15.3 Å². The second-order valence-corrected chi connectivity index (χ2v) is 7.37. The molecular weight excluding hydrogens is 386 g/mol. The molecule has 30 heavy (non-hydrogen) atoms. The summed E-state index contributed by atoms with van der Waals surface area (Å²) in [5, 5.41) is 2.95. The third kappa shape index (κ3) is 4.79. The van der Waals surface area contributed by atoms with Gasteiger partial charge in [-0.3, -0.25) is 4.79 Å². The van der Waals surface area contributed by atoms with E-state index >= 15 is 0 Å². The number of carbonyl (C=O) groups excluding carboxylic acids is 1. The second kappa shape index (κ2) is 8.98. The Balaban J connectivity index is 1.41. The standard InChI is InChI=1S/C23H22F2N4O/c24-19-7-3-16(4-8-19)14-27-23(30)18-2-1-13-29(15-18)21-11-12-26-22(28-21)17-5-9-20(25)10-6-17/h3-12,18H,1-2,13-15H2,(H,27,30)/t18-/m0/s1. The first-order chi connectivity index (χ1) is 14.6. The number of halogens is 2. The molecule has 0 unspecified atom stereocenters. The molecule has 1 aromatic heterocycles. The van der Waals surface area contributed by atoms with Crippen LogP contribution in [-0.2, 0) is 11.3 Å². The number of benzene rings is 2. The van der Waals surface area contributed by atoms with Gasteiger partial charge in [0.05, 0.1) is 5.92 Å². The van der Waals surface area contributed by atoms with E-state index in [2.05, 4.69) is 20.2 Å². The number of nitrogens with zero attached hydrogens (tertiary/aromatic N) is 3. The van der Waals surface area contributed by atoms with Crippen LogP contribution in [0.5, 0.6) is 0 Å². The predicted octanol–water partition coefficient (Wildman–Crippen LogP) is 3.95. The van der Waals surface area contributed by atoms with E-state index in [1.165, 1.54) is 24.3 Å². The molecule has 1 fully saturated rings. The van der Waals surface area contributed by atoms with Crippen LogP contribution in [0.25, 0.3) is 11.4 Å². The lowest BCUT2D eigenvalue weighted by atomic mass is 9.97. The van der Waals surface area contributed by atoms with E-state index < -0.39 is 0 Å². The number of aromatic nitrogens is 2. The molecule has 1 amide bonds. The van der Waals surface area contributed by atoms with Gasteiger partial charge in [-0.15, -0.1) is 0 Å². The van der Waals surface area contributed by atoms with Crippen molar-refractivity contribution in [2.24, 2.45) is 5.92 Å². The van der Waals surface area contributed by atoms with Gasteiger partial charge in [-0.25, -0.2) is 18.7 Å². The molecule has 2 aromatic carbocycles. The Kier molecular flexibility index (Phi) is 5.97. The lowest BCUT2D eigenvalue weighted by molar-refractivity contribution is -0.125. The number of anilines is 1. The molecule has 0 bridgehead atoms. The van der Waals surface area contributed by atoms with Gasteiger partial charge < -0.3 is 10.2 Å². The average Bonchev–Trinajstić information content (AvgIpc) is 2.79. The normalized spacial score (nSPS) is 16.3. The van der Waals surface area contributed by atoms with Gasteiger partial charge in [0, 0.05) is 31.4 Å². The van der Waals surface area contributed by atoms with Gasteiger partial charge in [0.25, 0.3) is 0 Å². The molecule has 1 atom stereocenters. The highest BCUT2D eigenvalue weighted by Gasteiger charge is 2.26. The Bertz CT molecular complexity index is 1010. The van der Waals surface area contributed by atoms with Gasteiger partial charge in [-0.05, 0) is 60.9 Å². The lowest BCUT2D eigenvalue weighted by Gasteiger charge is -2.33. The summed E-state index contributed by atoms with van der Waals surface area (Å²) in [7, 11) is 0. The Labute approximate surface area is 173 Å². The van der Waals surface area contributed by atoms with Crippen LogP contribution in [0.3, 0.4) is 0 Å². The summed E-state index contributed by atoms with van der Waals surface area (Å²) >= 11 is 0. The fraction of sp³-hybridized carbons (Fsp3) is 0.261. The largest absolute Gasteiger partial charge is 0.356 e. The molecule has 0 spiro atoms. The van der Waals surface area contributed by atoms with E-state index in [1.54, 1.807) is 30.5 Å². The lowest BCUT2D eigenvalue weighted by Crippen LogP contribution is -2.43. The number of piperidine rings is 1. The molecule has 0 radical (unpaired) electrons. The Morgan fingerprint density at radius 2 is 1.73 bits per heavy atom. The zero-order chi connectivity index (χ0) is 20.9. The fourth-order valence-corrected chi connectivity index (χ4v) is 3.60. The first-order valence-corrected chi connectivity index (χ1v) is 9.94. The average molecular weight is 408 g/mol. The van der Waals surface area contributed by atoms with Crippen molar-refractivity contribution in [2.45, 2.75) is 19.4 Å². The van der Waals surface area contributed by atoms with E-state index in [0.29, 0.717) is 18.9 Å². The number of hydrogen-bond acceptors (Lipinski definition) is 4. The zero-order valence-electron chi connectivity index (χ0n) is 16.4. The molecule has 1 aliphatic rings. The van der Waals surface area contributed by atoms with Crippen LogP contribution in [0, 0.1) is 17.6 Å². The Morgan fingerprint density at radius 3 is 2.47 bits per heavy atom. The number of hydrogen-bond donors (Lipinski definition) is 1. The molecule has 0 aliphatic carbocycles. The summed E-state index contributed by atoms with van der Waals surface area (Å²) in [6, 6.07) is 14.0. The quantitative estimate of drug-likeness (QED) is 0.695. The number of rotatable bonds is 5. The summed E-state index contributed by atoms with van der Waals surface area (Å²) in [5.41, 5.74) is 1.60. The van der Waals surface area contributed by atoms with Crippen LogP contribution in [0.1, 0.15) is 18.4 Å². The van der Waals surface area contributed by atoms with E-state index in [0.717, 1.165) is 36.3 Å². The topological polar surface area (TPSA) is 58.1 Å².